The summed E-state index contributed by atoms with van der Waals surface area (Å²) in [6.07, 6.45) is 3.59. The minimum atomic E-state index is -0.932. The Balaban J connectivity index is 1.43. The molecule has 2 aromatic carbocycles. The van der Waals surface area contributed by atoms with Crippen molar-refractivity contribution in [2.24, 2.45) is 7.05 Å². The lowest BCUT2D eigenvalue weighted by Gasteiger charge is -2.27. The summed E-state index contributed by atoms with van der Waals surface area (Å²) in [5, 5.41) is 15.2. The van der Waals surface area contributed by atoms with E-state index >= 15 is 0 Å². The van der Waals surface area contributed by atoms with Gasteiger partial charge in [0.25, 0.3) is 0 Å². The molecule has 1 aliphatic rings. The summed E-state index contributed by atoms with van der Waals surface area (Å²) < 4.78 is 36.9. The molecule has 13 heteroatoms. The molecule has 0 radical (unpaired) electrons. The van der Waals surface area contributed by atoms with Crippen molar-refractivity contribution in [3.8, 4) is 16.9 Å². The molecule has 11 nitrogen and oxygen atoms in total. The number of rotatable bonds is 11. The van der Waals surface area contributed by atoms with Gasteiger partial charge in [0, 0.05) is 63.1 Å². The molecule has 0 aliphatic carbocycles. The summed E-state index contributed by atoms with van der Waals surface area (Å²) in [4.78, 5) is 20.8. The molecule has 1 unspecified atom stereocenters. The number of aromatic nitrogens is 4. The molecule has 2 amide bonds. The molecule has 3 atom stereocenters. The van der Waals surface area contributed by atoms with Gasteiger partial charge in [-0.1, -0.05) is 24.3 Å². The number of hydrogen-bond acceptors (Lipinski definition) is 7. The lowest BCUT2D eigenvalue weighted by atomic mass is 9.94. The summed E-state index contributed by atoms with van der Waals surface area (Å²) in [5.74, 6) is -1.66. The van der Waals surface area contributed by atoms with E-state index in [1.54, 1.807) is 28.7 Å². The molecule has 1 fully saturated rings. The summed E-state index contributed by atoms with van der Waals surface area (Å²) in [6.45, 7) is 3.71. The molecule has 0 spiro atoms. The Labute approximate surface area is 248 Å². The molecule has 1 aliphatic heterocycles. The number of hydrogen-bond donors (Lipinski definition) is 3. The molecule has 2 aromatic heterocycles. The fourth-order valence-electron chi connectivity index (χ4n) is 5.55. The van der Waals surface area contributed by atoms with Crippen molar-refractivity contribution in [3.63, 3.8) is 0 Å². The predicted octanol–water partition coefficient (Wildman–Crippen LogP) is 3.61. The SMILES string of the molecule is COCC(CNOC)N1C[C@@H](NC(=O)Nc2c(C)c(-c3cnn(C)c3)nn2-c2ccccc2)[C@H](c2ccc(F)c(F)c2)C1. The van der Waals surface area contributed by atoms with Gasteiger partial charge in [0.05, 0.1) is 31.6 Å². The molecule has 1 saturated heterocycles. The van der Waals surface area contributed by atoms with Crippen molar-refractivity contribution < 1.29 is 23.1 Å². The maximum Gasteiger partial charge on any atom is 0.320 e. The lowest BCUT2D eigenvalue weighted by Crippen LogP contribution is -2.46. The first-order chi connectivity index (χ1) is 20.8. The molecule has 0 bridgehead atoms. The monoisotopic (exact) mass is 594 g/mol. The summed E-state index contributed by atoms with van der Waals surface area (Å²) in [6, 6.07) is 12.4. The lowest BCUT2D eigenvalue weighted by molar-refractivity contribution is 0.0409. The third-order valence-corrected chi connectivity index (χ3v) is 7.71. The molecule has 3 heterocycles. The number of benzene rings is 2. The van der Waals surface area contributed by atoms with Crippen LogP contribution >= 0.6 is 0 Å². The normalized spacial score (nSPS) is 17.7. The number of ether oxygens (including phenoxy) is 1. The number of methoxy groups -OCH3 is 1. The van der Waals surface area contributed by atoms with Crippen LogP contribution < -0.4 is 16.1 Å². The van der Waals surface area contributed by atoms with Gasteiger partial charge in [-0.25, -0.2) is 23.7 Å². The van der Waals surface area contributed by atoms with Crippen molar-refractivity contribution in [3.05, 3.63) is 83.7 Å². The third-order valence-electron chi connectivity index (χ3n) is 7.71. The maximum absolute atomic E-state index is 14.3. The van der Waals surface area contributed by atoms with E-state index in [0.29, 0.717) is 43.3 Å². The molecule has 4 aromatic rings. The fourth-order valence-corrected chi connectivity index (χ4v) is 5.55. The minimum absolute atomic E-state index is 0.0867. The average molecular weight is 595 g/mol. The molecule has 0 saturated carbocycles. The predicted molar refractivity (Wildman–Crippen MR) is 158 cm³/mol. The smallest absolute Gasteiger partial charge is 0.320 e. The highest BCUT2D eigenvalue weighted by molar-refractivity contribution is 5.91. The van der Waals surface area contributed by atoms with Crippen LogP contribution in [0, 0.1) is 18.6 Å². The number of para-hydroxylation sites is 1. The van der Waals surface area contributed by atoms with Crippen LogP contribution in [-0.4, -0.2) is 83.0 Å². The highest BCUT2D eigenvalue weighted by Crippen LogP contribution is 2.32. The number of halogens is 2. The van der Waals surface area contributed by atoms with Gasteiger partial charge < -0.3 is 14.9 Å². The van der Waals surface area contributed by atoms with Crippen LogP contribution in [0.1, 0.15) is 17.0 Å². The highest BCUT2D eigenvalue weighted by atomic mass is 19.2. The van der Waals surface area contributed by atoms with E-state index in [2.05, 4.69) is 26.1 Å². The molecule has 228 valence electrons. The standard InChI is InChI=1S/C30H36F2N8O3/c1-19-28(21-13-33-38(2)15-21)37-40(22-8-6-5-7-9-22)29(19)36-30(41)35-27-17-39(23(18-42-3)14-34-43-4)16-24(27)20-10-11-25(31)26(32)12-20/h5-13,15,23-24,27,34H,14,16-18H2,1-4H3,(H2,35,36,41)/t23?,24-,27+/m0/s1. The van der Waals surface area contributed by atoms with Gasteiger partial charge in [0.15, 0.2) is 11.6 Å². The first-order valence-corrected chi connectivity index (χ1v) is 13.9. The summed E-state index contributed by atoms with van der Waals surface area (Å²) >= 11 is 0. The van der Waals surface area contributed by atoms with E-state index in [1.165, 1.54) is 13.2 Å². The Morgan fingerprint density at radius 1 is 1.12 bits per heavy atom. The number of carbonyl (C=O) groups is 1. The fraction of sp³-hybridized carbons (Fsp3) is 0.367. The Bertz CT molecular complexity index is 1540. The van der Waals surface area contributed by atoms with Crippen molar-refractivity contribution in [2.45, 2.75) is 24.9 Å². The van der Waals surface area contributed by atoms with Crippen molar-refractivity contribution in [2.75, 3.05) is 45.8 Å². The zero-order valence-electron chi connectivity index (χ0n) is 24.6. The van der Waals surface area contributed by atoms with E-state index in [0.717, 1.165) is 22.9 Å². The van der Waals surface area contributed by atoms with Crippen LogP contribution in [-0.2, 0) is 16.6 Å². The highest BCUT2D eigenvalue weighted by Gasteiger charge is 2.38. The Morgan fingerprint density at radius 2 is 1.91 bits per heavy atom. The van der Waals surface area contributed by atoms with Crippen molar-refractivity contribution in [1.82, 2.24) is 35.3 Å². The molecular formula is C30H36F2N8O3. The number of nitrogens with one attached hydrogen (secondary N) is 3. The van der Waals surface area contributed by atoms with E-state index in [-0.39, 0.29) is 12.0 Å². The number of nitrogens with zero attached hydrogens (tertiary/aromatic N) is 5. The van der Waals surface area contributed by atoms with Crippen LogP contribution in [0.3, 0.4) is 0 Å². The first kappa shape index (κ1) is 30.3. The average Bonchev–Trinajstić information content (AvgIpc) is 3.70. The summed E-state index contributed by atoms with van der Waals surface area (Å²) in [7, 11) is 4.98. The molecular weight excluding hydrogens is 558 g/mol. The van der Waals surface area contributed by atoms with Gasteiger partial charge in [-0.2, -0.15) is 10.2 Å². The van der Waals surface area contributed by atoms with E-state index in [9.17, 15) is 13.6 Å². The largest absolute Gasteiger partial charge is 0.383 e. The van der Waals surface area contributed by atoms with E-state index in [1.807, 2.05) is 50.5 Å². The third kappa shape index (κ3) is 6.75. The summed E-state index contributed by atoms with van der Waals surface area (Å²) in [5.41, 5.74) is 6.50. The van der Waals surface area contributed by atoms with Gasteiger partial charge in [-0.15, -0.1) is 0 Å². The Kier molecular flexibility index (Phi) is 9.46. The van der Waals surface area contributed by atoms with Gasteiger partial charge in [-0.3, -0.25) is 14.9 Å². The second-order valence-electron chi connectivity index (χ2n) is 10.6. The maximum atomic E-state index is 14.3. The molecule has 3 N–H and O–H groups in total. The number of likely N-dealkylation sites (tertiary alicyclic amines) is 1. The van der Waals surface area contributed by atoms with Crippen molar-refractivity contribution >= 4 is 11.8 Å². The number of anilines is 1. The molecule has 5 rings (SSSR count). The van der Waals surface area contributed by atoms with Gasteiger partial charge in [-0.05, 0) is 36.8 Å². The topological polar surface area (TPSA) is 110 Å². The zero-order chi connectivity index (χ0) is 30.5. The van der Waals surface area contributed by atoms with E-state index in [4.69, 9.17) is 14.7 Å². The zero-order valence-corrected chi connectivity index (χ0v) is 24.6. The first-order valence-electron chi connectivity index (χ1n) is 13.9. The van der Waals surface area contributed by atoms with E-state index < -0.39 is 23.7 Å². The number of amides is 2. The van der Waals surface area contributed by atoms with Crippen LogP contribution in [0.4, 0.5) is 19.4 Å². The van der Waals surface area contributed by atoms with Gasteiger partial charge >= 0.3 is 6.03 Å². The number of urea groups is 1. The van der Waals surface area contributed by atoms with Crippen LogP contribution in [0.25, 0.3) is 16.9 Å². The second kappa shape index (κ2) is 13.4. The van der Waals surface area contributed by atoms with Crippen LogP contribution in [0.5, 0.6) is 0 Å². The van der Waals surface area contributed by atoms with Crippen LogP contribution in [0.15, 0.2) is 60.9 Å². The molecule has 43 heavy (non-hydrogen) atoms. The Hall–Kier alpha value is -4.17. The quantitative estimate of drug-likeness (QED) is 0.228. The Morgan fingerprint density at radius 3 is 2.58 bits per heavy atom. The number of hydroxylamine groups is 1. The number of aryl methyl sites for hydroxylation is 1. The van der Waals surface area contributed by atoms with Gasteiger partial charge in [0.1, 0.15) is 11.5 Å². The minimum Gasteiger partial charge on any atom is -0.383 e. The van der Waals surface area contributed by atoms with Gasteiger partial charge in [0.2, 0.25) is 0 Å². The van der Waals surface area contributed by atoms with Crippen LogP contribution in [0.2, 0.25) is 0 Å². The van der Waals surface area contributed by atoms with Crippen molar-refractivity contribution in [1.29, 1.82) is 0 Å². The number of carbonyl (C=O) groups excluding carboxylic acids is 1. The second-order valence-corrected chi connectivity index (χ2v) is 10.6.